The molecule has 1 atom stereocenters. The number of amides is 2. The SMILES string of the molecule is Cc1nc2n(n1)[C@@H](CC(=O)Nc1ccc(Cl)cc1Cl)C(=O)N2. The number of nitrogens with one attached hydrogen (secondary N) is 2. The van der Waals surface area contributed by atoms with E-state index in [2.05, 4.69) is 20.7 Å². The average molecular weight is 340 g/mol. The lowest BCUT2D eigenvalue weighted by Gasteiger charge is -2.11. The van der Waals surface area contributed by atoms with Crippen molar-refractivity contribution in [1.82, 2.24) is 14.8 Å². The Morgan fingerprint density at radius 3 is 2.95 bits per heavy atom. The Morgan fingerprint density at radius 2 is 2.23 bits per heavy atom. The Kier molecular flexibility index (Phi) is 3.76. The quantitative estimate of drug-likeness (QED) is 0.898. The van der Waals surface area contributed by atoms with Gasteiger partial charge in [0.25, 0.3) is 5.91 Å². The molecule has 114 valence electrons. The van der Waals surface area contributed by atoms with Crippen molar-refractivity contribution in [3.05, 3.63) is 34.1 Å². The van der Waals surface area contributed by atoms with Gasteiger partial charge in [0.1, 0.15) is 11.9 Å². The van der Waals surface area contributed by atoms with E-state index in [1.54, 1.807) is 19.1 Å². The fourth-order valence-corrected chi connectivity index (χ4v) is 2.64. The summed E-state index contributed by atoms with van der Waals surface area (Å²) in [5.74, 6) is 0.212. The van der Waals surface area contributed by atoms with Gasteiger partial charge in [-0.25, -0.2) is 4.68 Å². The van der Waals surface area contributed by atoms with E-state index in [1.807, 2.05) is 0 Å². The van der Waals surface area contributed by atoms with Gasteiger partial charge in [-0.2, -0.15) is 10.1 Å². The maximum atomic E-state index is 12.1. The van der Waals surface area contributed by atoms with Crippen LogP contribution in [-0.2, 0) is 9.59 Å². The summed E-state index contributed by atoms with van der Waals surface area (Å²) < 4.78 is 1.42. The predicted octanol–water partition coefficient (Wildman–Crippen LogP) is 2.42. The summed E-state index contributed by atoms with van der Waals surface area (Å²) in [6.07, 6.45) is -0.0689. The van der Waals surface area contributed by atoms with E-state index in [0.717, 1.165) is 0 Å². The number of fused-ring (bicyclic) bond motifs is 1. The molecule has 2 amide bonds. The highest BCUT2D eigenvalue weighted by Crippen LogP contribution is 2.28. The van der Waals surface area contributed by atoms with Crippen LogP contribution in [0.4, 0.5) is 11.6 Å². The number of anilines is 2. The summed E-state index contributed by atoms with van der Waals surface area (Å²) in [5.41, 5.74) is 0.435. The molecule has 0 spiro atoms. The van der Waals surface area contributed by atoms with Crippen molar-refractivity contribution < 1.29 is 9.59 Å². The molecule has 1 aromatic heterocycles. The minimum absolute atomic E-state index is 0.0689. The molecule has 2 N–H and O–H groups in total. The topological polar surface area (TPSA) is 88.9 Å². The molecule has 0 aliphatic carbocycles. The highest BCUT2D eigenvalue weighted by molar-refractivity contribution is 6.36. The number of aromatic nitrogens is 3. The summed E-state index contributed by atoms with van der Waals surface area (Å²) in [6, 6.07) is 4.02. The van der Waals surface area contributed by atoms with Gasteiger partial charge in [0, 0.05) is 5.02 Å². The third kappa shape index (κ3) is 2.77. The van der Waals surface area contributed by atoms with Gasteiger partial charge in [-0.05, 0) is 25.1 Å². The third-order valence-corrected chi connectivity index (χ3v) is 3.70. The van der Waals surface area contributed by atoms with Gasteiger partial charge in [-0.3, -0.25) is 14.9 Å². The van der Waals surface area contributed by atoms with Gasteiger partial charge in [0.15, 0.2) is 0 Å². The van der Waals surface area contributed by atoms with Crippen LogP contribution in [0.3, 0.4) is 0 Å². The Morgan fingerprint density at radius 1 is 1.45 bits per heavy atom. The van der Waals surface area contributed by atoms with Crippen LogP contribution in [0.5, 0.6) is 0 Å². The first-order chi connectivity index (χ1) is 10.4. The fraction of sp³-hybridized carbons (Fsp3) is 0.231. The highest BCUT2D eigenvalue weighted by Gasteiger charge is 2.34. The van der Waals surface area contributed by atoms with E-state index in [-0.39, 0.29) is 18.2 Å². The van der Waals surface area contributed by atoms with E-state index < -0.39 is 6.04 Å². The number of rotatable bonds is 3. The molecule has 22 heavy (non-hydrogen) atoms. The van der Waals surface area contributed by atoms with Crippen molar-refractivity contribution in [3.8, 4) is 0 Å². The second kappa shape index (κ2) is 5.58. The van der Waals surface area contributed by atoms with Gasteiger partial charge in [-0.15, -0.1) is 0 Å². The van der Waals surface area contributed by atoms with E-state index >= 15 is 0 Å². The first-order valence-corrected chi connectivity index (χ1v) is 7.18. The van der Waals surface area contributed by atoms with Crippen LogP contribution >= 0.6 is 23.2 Å². The summed E-state index contributed by atoms with van der Waals surface area (Å²) in [7, 11) is 0. The van der Waals surface area contributed by atoms with E-state index in [0.29, 0.717) is 27.5 Å². The van der Waals surface area contributed by atoms with E-state index in [9.17, 15) is 9.59 Å². The lowest BCUT2D eigenvalue weighted by Crippen LogP contribution is -2.23. The minimum atomic E-state index is -0.720. The van der Waals surface area contributed by atoms with Crippen LogP contribution in [0.15, 0.2) is 18.2 Å². The second-order valence-corrected chi connectivity index (χ2v) is 5.65. The summed E-state index contributed by atoms with van der Waals surface area (Å²) in [6.45, 7) is 1.71. The zero-order valence-corrected chi connectivity index (χ0v) is 12.9. The maximum absolute atomic E-state index is 12.1. The molecule has 2 aromatic rings. The number of benzene rings is 1. The second-order valence-electron chi connectivity index (χ2n) is 4.81. The van der Waals surface area contributed by atoms with Crippen LogP contribution in [0.2, 0.25) is 10.0 Å². The zero-order chi connectivity index (χ0) is 15.9. The van der Waals surface area contributed by atoms with Crippen LogP contribution < -0.4 is 10.6 Å². The predicted molar refractivity (Wildman–Crippen MR) is 82.1 cm³/mol. The average Bonchev–Trinajstić information content (AvgIpc) is 2.91. The first kappa shape index (κ1) is 14.8. The number of halogens is 2. The zero-order valence-electron chi connectivity index (χ0n) is 11.4. The monoisotopic (exact) mass is 339 g/mol. The molecule has 9 heteroatoms. The molecule has 7 nitrogen and oxygen atoms in total. The largest absolute Gasteiger partial charge is 0.325 e. The standard InChI is InChI=1S/C13H11Cl2N5O2/c1-6-16-13-18-12(22)10(20(13)19-6)5-11(21)17-9-3-2-7(14)4-8(9)15/h2-4,10H,5H2,1H3,(H,17,21)(H,16,18,19,22)/t10-/m0/s1. The Hall–Kier alpha value is -2.12. The third-order valence-electron chi connectivity index (χ3n) is 3.15. The van der Waals surface area contributed by atoms with Crippen molar-refractivity contribution in [2.24, 2.45) is 0 Å². The number of aryl methyl sites for hydroxylation is 1. The van der Waals surface area contributed by atoms with E-state index in [1.165, 1.54) is 10.7 Å². The lowest BCUT2D eigenvalue weighted by molar-refractivity contribution is -0.123. The molecular weight excluding hydrogens is 329 g/mol. The van der Waals surface area contributed by atoms with Crippen molar-refractivity contribution in [3.63, 3.8) is 0 Å². The Balaban J connectivity index is 1.73. The molecule has 1 aromatic carbocycles. The van der Waals surface area contributed by atoms with Gasteiger partial charge >= 0.3 is 0 Å². The smallest absolute Gasteiger partial charge is 0.252 e. The molecule has 2 heterocycles. The van der Waals surface area contributed by atoms with Gasteiger partial charge in [0.2, 0.25) is 11.9 Å². The molecule has 1 aliphatic rings. The summed E-state index contributed by atoms with van der Waals surface area (Å²) >= 11 is 11.8. The number of carbonyl (C=O) groups is 2. The molecule has 0 saturated carbocycles. The Labute approximate surface area is 135 Å². The molecule has 0 saturated heterocycles. The molecule has 3 rings (SSSR count). The molecule has 0 unspecified atom stereocenters. The molecule has 0 fully saturated rings. The highest BCUT2D eigenvalue weighted by atomic mass is 35.5. The van der Waals surface area contributed by atoms with Crippen LogP contribution in [0, 0.1) is 6.92 Å². The lowest BCUT2D eigenvalue weighted by atomic mass is 10.2. The minimum Gasteiger partial charge on any atom is -0.325 e. The van der Waals surface area contributed by atoms with Crippen molar-refractivity contribution >= 4 is 46.7 Å². The first-order valence-electron chi connectivity index (χ1n) is 6.43. The number of nitrogens with zero attached hydrogens (tertiary/aromatic N) is 3. The van der Waals surface area contributed by atoms with Crippen molar-refractivity contribution in [2.45, 2.75) is 19.4 Å². The van der Waals surface area contributed by atoms with Gasteiger partial charge in [0.05, 0.1) is 17.1 Å². The molecule has 0 bridgehead atoms. The number of carbonyl (C=O) groups excluding carboxylic acids is 2. The summed E-state index contributed by atoms with van der Waals surface area (Å²) in [5, 5.41) is 10.1. The maximum Gasteiger partial charge on any atom is 0.252 e. The molecule has 0 radical (unpaired) electrons. The van der Waals surface area contributed by atoms with Gasteiger partial charge < -0.3 is 5.32 Å². The summed E-state index contributed by atoms with van der Waals surface area (Å²) in [4.78, 5) is 28.1. The fourth-order valence-electron chi connectivity index (χ4n) is 2.18. The normalized spacial score (nSPS) is 16.3. The number of hydrogen-bond acceptors (Lipinski definition) is 4. The van der Waals surface area contributed by atoms with Gasteiger partial charge in [-0.1, -0.05) is 23.2 Å². The van der Waals surface area contributed by atoms with Crippen LogP contribution in [0.1, 0.15) is 18.3 Å². The van der Waals surface area contributed by atoms with Crippen LogP contribution in [0.25, 0.3) is 0 Å². The van der Waals surface area contributed by atoms with Crippen molar-refractivity contribution in [1.29, 1.82) is 0 Å². The molecular formula is C13H11Cl2N5O2. The Bertz CT molecular complexity index is 774. The number of hydrogen-bond donors (Lipinski definition) is 2. The van der Waals surface area contributed by atoms with Crippen molar-refractivity contribution in [2.75, 3.05) is 10.6 Å². The molecule has 1 aliphatic heterocycles. The van der Waals surface area contributed by atoms with E-state index in [4.69, 9.17) is 23.2 Å². The van der Waals surface area contributed by atoms with Crippen LogP contribution in [-0.4, -0.2) is 26.6 Å².